The van der Waals surface area contributed by atoms with Gasteiger partial charge < -0.3 is 9.88 Å². The molecular weight excluding hydrogens is 414 g/mol. The molecule has 0 atom stereocenters. The van der Waals surface area contributed by atoms with E-state index in [1.54, 1.807) is 25.4 Å². The fourth-order valence-corrected chi connectivity index (χ4v) is 5.68. The number of aryl methyl sites for hydroxylation is 1. The maximum absolute atomic E-state index is 13.3. The van der Waals surface area contributed by atoms with Crippen LogP contribution in [0.5, 0.6) is 0 Å². The molecule has 0 bridgehead atoms. The molecule has 1 heterocycles. The highest BCUT2D eigenvalue weighted by Gasteiger charge is 2.29. The van der Waals surface area contributed by atoms with Gasteiger partial charge in [-0.2, -0.15) is 4.31 Å². The molecule has 1 aliphatic carbocycles. The molecule has 1 amide bonds. The Morgan fingerprint density at radius 2 is 1.90 bits per heavy atom. The van der Waals surface area contributed by atoms with Crippen molar-refractivity contribution in [1.29, 1.82) is 0 Å². The van der Waals surface area contributed by atoms with E-state index in [2.05, 4.69) is 5.32 Å². The van der Waals surface area contributed by atoms with Crippen LogP contribution >= 0.6 is 0 Å². The molecule has 1 fully saturated rings. The lowest BCUT2D eigenvalue weighted by molar-refractivity contribution is 0.0951. The number of nitrogens with zero attached hydrogens (tertiary/aromatic N) is 2. The number of rotatable bonds is 8. The number of sulfonamides is 1. The molecule has 0 radical (unpaired) electrons. The Morgan fingerprint density at radius 1 is 1.19 bits per heavy atom. The molecule has 3 rings (SSSR count). The van der Waals surface area contributed by atoms with Crippen LogP contribution in [0.1, 0.15) is 69.2 Å². The Hall–Kier alpha value is -2.19. The predicted octanol–water partition coefficient (Wildman–Crippen LogP) is 3.50. The summed E-state index contributed by atoms with van der Waals surface area (Å²) < 4.78 is 29.8. The molecular formula is C23H33N3O4S. The fraction of sp³-hybridized carbons (Fsp3) is 0.565. The SMILES string of the molecule is CCCCNC(=O)c1cn(CC)c2ccc(S(=O)(=O)N(C)C3CCCCC3)cc2c1=O. The van der Waals surface area contributed by atoms with E-state index in [1.165, 1.54) is 10.4 Å². The molecule has 2 aromatic rings. The smallest absolute Gasteiger partial charge is 0.256 e. The Bertz CT molecular complexity index is 1100. The van der Waals surface area contributed by atoms with Crippen LogP contribution in [0, 0.1) is 0 Å². The Labute approximate surface area is 184 Å². The van der Waals surface area contributed by atoms with Crippen LogP contribution in [-0.2, 0) is 16.6 Å². The first kappa shape index (κ1) is 23.5. The van der Waals surface area contributed by atoms with Gasteiger partial charge in [-0.15, -0.1) is 0 Å². The molecule has 7 nitrogen and oxygen atoms in total. The number of carbonyl (C=O) groups excluding carboxylic acids is 1. The predicted molar refractivity (Wildman–Crippen MR) is 123 cm³/mol. The second-order valence-electron chi connectivity index (χ2n) is 8.26. The van der Waals surface area contributed by atoms with Crippen LogP contribution in [-0.4, -0.2) is 42.8 Å². The maximum atomic E-state index is 13.3. The molecule has 1 saturated carbocycles. The van der Waals surface area contributed by atoms with E-state index < -0.39 is 21.4 Å². The summed E-state index contributed by atoms with van der Waals surface area (Å²) >= 11 is 0. The van der Waals surface area contributed by atoms with Gasteiger partial charge in [0.1, 0.15) is 5.56 Å². The second-order valence-corrected chi connectivity index (χ2v) is 10.3. The minimum Gasteiger partial charge on any atom is -0.352 e. The second kappa shape index (κ2) is 9.96. The van der Waals surface area contributed by atoms with Crippen molar-refractivity contribution in [3.63, 3.8) is 0 Å². The van der Waals surface area contributed by atoms with Gasteiger partial charge >= 0.3 is 0 Å². The largest absolute Gasteiger partial charge is 0.352 e. The molecule has 31 heavy (non-hydrogen) atoms. The first-order valence-electron chi connectivity index (χ1n) is 11.2. The van der Waals surface area contributed by atoms with Crippen molar-refractivity contribution in [1.82, 2.24) is 14.2 Å². The third-order valence-electron chi connectivity index (χ3n) is 6.22. The number of hydrogen-bond acceptors (Lipinski definition) is 4. The number of aromatic nitrogens is 1. The monoisotopic (exact) mass is 447 g/mol. The van der Waals surface area contributed by atoms with Crippen LogP contribution < -0.4 is 10.7 Å². The van der Waals surface area contributed by atoms with Crippen molar-refractivity contribution in [3.05, 3.63) is 40.2 Å². The fourth-order valence-electron chi connectivity index (χ4n) is 4.24. The Kier molecular flexibility index (Phi) is 7.54. The van der Waals surface area contributed by atoms with Gasteiger partial charge in [-0.25, -0.2) is 8.42 Å². The average Bonchev–Trinajstić information content (AvgIpc) is 2.79. The summed E-state index contributed by atoms with van der Waals surface area (Å²) in [6, 6.07) is 4.64. The first-order valence-corrected chi connectivity index (χ1v) is 12.7. The molecule has 1 aromatic heterocycles. The van der Waals surface area contributed by atoms with E-state index in [0.29, 0.717) is 18.6 Å². The van der Waals surface area contributed by atoms with Gasteiger partial charge in [-0.05, 0) is 44.4 Å². The summed E-state index contributed by atoms with van der Waals surface area (Å²) in [6.45, 7) is 5.00. The van der Waals surface area contributed by atoms with Crippen LogP contribution in [0.15, 0.2) is 34.1 Å². The summed E-state index contributed by atoms with van der Waals surface area (Å²) in [5.41, 5.74) is 0.226. The zero-order valence-electron chi connectivity index (χ0n) is 18.7. The number of pyridine rings is 1. The Morgan fingerprint density at radius 3 is 2.55 bits per heavy atom. The number of unbranched alkanes of at least 4 members (excludes halogenated alkanes) is 1. The highest BCUT2D eigenvalue weighted by molar-refractivity contribution is 7.89. The number of hydrogen-bond donors (Lipinski definition) is 1. The van der Waals surface area contributed by atoms with E-state index in [1.807, 2.05) is 18.4 Å². The molecule has 0 unspecified atom stereocenters. The van der Waals surface area contributed by atoms with E-state index in [9.17, 15) is 18.0 Å². The molecule has 0 saturated heterocycles. The molecule has 170 valence electrons. The summed E-state index contributed by atoms with van der Waals surface area (Å²) in [7, 11) is -2.11. The molecule has 0 aliphatic heterocycles. The summed E-state index contributed by atoms with van der Waals surface area (Å²) in [4.78, 5) is 25.8. The summed E-state index contributed by atoms with van der Waals surface area (Å²) in [5.74, 6) is -0.421. The van der Waals surface area contributed by atoms with Crippen molar-refractivity contribution >= 4 is 26.8 Å². The van der Waals surface area contributed by atoms with Crippen molar-refractivity contribution in [3.8, 4) is 0 Å². The van der Waals surface area contributed by atoms with Crippen LogP contribution in [0.2, 0.25) is 0 Å². The van der Waals surface area contributed by atoms with E-state index in [-0.39, 0.29) is 21.9 Å². The highest BCUT2D eigenvalue weighted by atomic mass is 32.2. The van der Waals surface area contributed by atoms with E-state index >= 15 is 0 Å². The topological polar surface area (TPSA) is 88.5 Å². The molecule has 0 spiro atoms. The lowest BCUT2D eigenvalue weighted by atomic mass is 9.96. The lowest BCUT2D eigenvalue weighted by Crippen LogP contribution is -2.38. The highest BCUT2D eigenvalue weighted by Crippen LogP contribution is 2.27. The zero-order chi connectivity index (χ0) is 22.6. The Balaban J connectivity index is 2.04. The molecule has 1 aliphatic rings. The van der Waals surface area contributed by atoms with Crippen LogP contribution in [0.4, 0.5) is 0 Å². The molecule has 1 aromatic carbocycles. The van der Waals surface area contributed by atoms with Crippen molar-refractivity contribution in [2.24, 2.45) is 0 Å². The lowest BCUT2D eigenvalue weighted by Gasteiger charge is -2.30. The van der Waals surface area contributed by atoms with Crippen LogP contribution in [0.25, 0.3) is 10.9 Å². The number of nitrogens with one attached hydrogen (secondary N) is 1. The minimum atomic E-state index is -3.73. The van der Waals surface area contributed by atoms with Gasteiger partial charge in [0.25, 0.3) is 5.91 Å². The van der Waals surface area contributed by atoms with Gasteiger partial charge in [-0.1, -0.05) is 32.6 Å². The third kappa shape index (κ3) is 4.85. The van der Waals surface area contributed by atoms with Crippen LogP contribution in [0.3, 0.4) is 0 Å². The normalized spacial score (nSPS) is 15.5. The van der Waals surface area contributed by atoms with E-state index in [4.69, 9.17) is 0 Å². The number of benzene rings is 1. The van der Waals surface area contributed by atoms with Crippen molar-refractivity contribution in [2.75, 3.05) is 13.6 Å². The van der Waals surface area contributed by atoms with Crippen molar-refractivity contribution in [2.45, 2.75) is 76.3 Å². The quantitative estimate of drug-likeness (QED) is 0.627. The third-order valence-corrected chi connectivity index (χ3v) is 8.12. The maximum Gasteiger partial charge on any atom is 0.256 e. The van der Waals surface area contributed by atoms with Gasteiger partial charge in [0, 0.05) is 37.8 Å². The summed E-state index contributed by atoms with van der Waals surface area (Å²) in [6.07, 6.45) is 8.24. The standard InChI is InChI=1S/C23H33N3O4S/c1-4-6-14-24-23(28)20-16-26(5-2)21-13-12-18(15-19(21)22(20)27)31(29,30)25(3)17-10-8-7-9-11-17/h12-13,15-17H,4-11,14H2,1-3H3,(H,24,28). The van der Waals surface area contributed by atoms with Gasteiger partial charge in [0.15, 0.2) is 0 Å². The minimum absolute atomic E-state index is 0.0163. The molecule has 8 heteroatoms. The first-order chi connectivity index (χ1) is 14.8. The zero-order valence-corrected chi connectivity index (χ0v) is 19.5. The molecule has 1 N–H and O–H groups in total. The number of carbonyl (C=O) groups is 1. The average molecular weight is 448 g/mol. The van der Waals surface area contributed by atoms with Crippen molar-refractivity contribution < 1.29 is 13.2 Å². The summed E-state index contributed by atoms with van der Waals surface area (Å²) in [5, 5.41) is 3.04. The van der Waals surface area contributed by atoms with E-state index in [0.717, 1.165) is 44.9 Å². The van der Waals surface area contributed by atoms with Gasteiger partial charge in [0.2, 0.25) is 15.5 Å². The number of fused-ring (bicyclic) bond motifs is 1. The van der Waals surface area contributed by atoms with Gasteiger partial charge in [-0.3, -0.25) is 9.59 Å². The number of amides is 1. The van der Waals surface area contributed by atoms with Gasteiger partial charge in [0.05, 0.1) is 10.4 Å².